The number of rotatable bonds is 1. The van der Waals surface area contributed by atoms with Crippen molar-refractivity contribution >= 4 is 5.97 Å². The van der Waals surface area contributed by atoms with E-state index in [1.54, 1.807) is 20.8 Å². The first-order chi connectivity index (χ1) is 3.85. The number of carboxylic acids is 1. The van der Waals surface area contributed by atoms with Crippen LogP contribution >= 0.6 is 0 Å². The van der Waals surface area contributed by atoms with Crippen LogP contribution in [-0.4, -0.2) is 12.0 Å². The van der Waals surface area contributed by atoms with Crippen molar-refractivity contribution in [3.63, 3.8) is 0 Å². The molecule has 0 rings (SSSR count). The Balaban J connectivity index is 0. The molecule has 3 nitrogen and oxygen atoms in total. The third-order valence-corrected chi connectivity index (χ3v) is 1.19. The molecule has 0 aliphatic rings. The molecule has 0 spiro atoms. The number of aliphatic carboxylic acids is 1. The van der Waals surface area contributed by atoms with Crippen molar-refractivity contribution in [1.29, 1.82) is 0 Å². The summed E-state index contributed by atoms with van der Waals surface area (Å²) in [7, 11) is 0. The Morgan fingerprint density at radius 3 is 1.80 bits per heavy atom. The quantitative estimate of drug-likeness (QED) is 0.376. The molecule has 1 atom stereocenters. The maximum Gasteiger partial charge on any atom is 1.00 e. The molecular formula is C6H12LiNO2. The first-order valence-corrected chi connectivity index (χ1v) is 2.82. The van der Waals surface area contributed by atoms with Gasteiger partial charge in [-0.2, -0.15) is 0 Å². The Kier molecular flexibility index (Phi) is 5.10. The van der Waals surface area contributed by atoms with Crippen LogP contribution in [0.3, 0.4) is 0 Å². The van der Waals surface area contributed by atoms with Crippen LogP contribution in [-0.2, 0) is 4.79 Å². The first kappa shape index (κ1) is 12.7. The minimum Gasteiger partial charge on any atom is -0.548 e. The summed E-state index contributed by atoms with van der Waals surface area (Å²) < 4.78 is 0. The molecule has 0 unspecified atom stereocenters. The molecule has 0 radical (unpaired) electrons. The van der Waals surface area contributed by atoms with Crippen molar-refractivity contribution in [2.24, 2.45) is 11.1 Å². The zero-order valence-electron chi connectivity index (χ0n) is 6.97. The fourth-order valence-corrected chi connectivity index (χ4v) is 0.354. The van der Waals surface area contributed by atoms with Gasteiger partial charge in [-0.3, -0.25) is 0 Å². The van der Waals surface area contributed by atoms with Crippen LogP contribution < -0.4 is 29.7 Å². The smallest absolute Gasteiger partial charge is 0.548 e. The van der Waals surface area contributed by atoms with Crippen LogP contribution in [0.5, 0.6) is 0 Å². The van der Waals surface area contributed by atoms with Crippen LogP contribution in [0.4, 0.5) is 0 Å². The normalized spacial score (nSPS) is 13.6. The van der Waals surface area contributed by atoms with Crippen molar-refractivity contribution in [3.05, 3.63) is 0 Å². The number of carboxylic acid groups (broad SMARTS) is 1. The predicted octanol–water partition coefficient (Wildman–Crippen LogP) is -3.89. The summed E-state index contributed by atoms with van der Waals surface area (Å²) in [6.07, 6.45) is 0. The van der Waals surface area contributed by atoms with E-state index in [-0.39, 0.29) is 18.9 Å². The van der Waals surface area contributed by atoms with E-state index in [0.717, 1.165) is 0 Å². The van der Waals surface area contributed by atoms with Crippen molar-refractivity contribution in [2.75, 3.05) is 0 Å². The van der Waals surface area contributed by atoms with E-state index in [1.807, 2.05) is 0 Å². The Morgan fingerprint density at radius 2 is 1.80 bits per heavy atom. The van der Waals surface area contributed by atoms with Crippen LogP contribution in [0.15, 0.2) is 0 Å². The number of carbonyl (C=O) groups is 1. The minimum atomic E-state index is -1.19. The number of hydrogen-bond donors (Lipinski definition) is 1. The molecular weight excluding hydrogens is 125 g/mol. The summed E-state index contributed by atoms with van der Waals surface area (Å²) in [5, 5.41) is 10.1. The molecule has 10 heavy (non-hydrogen) atoms. The third kappa shape index (κ3) is 3.94. The van der Waals surface area contributed by atoms with E-state index < -0.39 is 17.4 Å². The monoisotopic (exact) mass is 137 g/mol. The van der Waals surface area contributed by atoms with Gasteiger partial charge in [-0.1, -0.05) is 20.8 Å². The zero-order valence-corrected chi connectivity index (χ0v) is 6.97. The van der Waals surface area contributed by atoms with Gasteiger partial charge in [0.25, 0.3) is 0 Å². The van der Waals surface area contributed by atoms with Gasteiger partial charge in [0.15, 0.2) is 0 Å². The Hall–Kier alpha value is 0.0274. The summed E-state index contributed by atoms with van der Waals surface area (Å²) in [5.41, 5.74) is 4.83. The molecule has 4 heteroatoms. The van der Waals surface area contributed by atoms with Gasteiger partial charge in [0.05, 0.1) is 5.97 Å². The van der Waals surface area contributed by atoms with Gasteiger partial charge in [-0.15, -0.1) is 0 Å². The van der Waals surface area contributed by atoms with Gasteiger partial charge < -0.3 is 15.6 Å². The summed E-state index contributed by atoms with van der Waals surface area (Å²) in [4.78, 5) is 10.1. The SMILES string of the molecule is CC(C)(C)[C@H](N)C(=O)[O-].[Li+]. The number of hydrogen-bond acceptors (Lipinski definition) is 3. The van der Waals surface area contributed by atoms with Crippen molar-refractivity contribution < 1.29 is 28.8 Å². The summed E-state index contributed by atoms with van der Waals surface area (Å²) in [5.74, 6) is -1.19. The van der Waals surface area contributed by atoms with Crippen LogP contribution in [0.25, 0.3) is 0 Å². The van der Waals surface area contributed by atoms with Crippen molar-refractivity contribution in [3.8, 4) is 0 Å². The maximum atomic E-state index is 10.1. The molecule has 0 aromatic carbocycles. The van der Waals surface area contributed by atoms with Crippen molar-refractivity contribution in [2.45, 2.75) is 26.8 Å². The first-order valence-electron chi connectivity index (χ1n) is 2.82. The molecule has 0 aliphatic heterocycles. The second-order valence-electron chi connectivity index (χ2n) is 3.16. The number of nitrogens with two attached hydrogens (primary N) is 1. The molecule has 0 amide bonds. The zero-order chi connectivity index (χ0) is 7.65. The van der Waals surface area contributed by atoms with E-state index >= 15 is 0 Å². The largest absolute Gasteiger partial charge is 1.00 e. The van der Waals surface area contributed by atoms with Crippen LogP contribution in [0.1, 0.15) is 20.8 Å². The summed E-state index contributed by atoms with van der Waals surface area (Å²) in [6.45, 7) is 5.27. The average Bonchev–Trinajstić information content (AvgIpc) is 1.62. The standard InChI is InChI=1S/C6H13NO2.Li/c1-6(2,3)4(7)5(8)9;/h4H,7H2,1-3H3,(H,8,9);/q;+1/p-1/t4-;/m1./s1. The van der Waals surface area contributed by atoms with E-state index in [0.29, 0.717) is 0 Å². The summed E-state index contributed by atoms with van der Waals surface area (Å²) in [6, 6.07) is -0.877. The van der Waals surface area contributed by atoms with E-state index in [2.05, 4.69) is 0 Å². The fraction of sp³-hybridized carbons (Fsp3) is 0.833. The molecule has 0 bridgehead atoms. The second-order valence-corrected chi connectivity index (χ2v) is 3.16. The molecule has 0 saturated heterocycles. The second kappa shape index (κ2) is 4.02. The van der Waals surface area contributed by atoms with Crippen LogP contribution in [0.2, 0.25) is 0 Å². The molecule has 0 aliphatic carbocycles. The molecule has 0 heterocycles. The molecule has 54 valence electrons. The maximum absolute atomic E-state index is 10.1. The third-order valence-electron chi connectivity index (χ3n) is 1.19. The van der Waals surface area contributed by atoms with E-state index in [9.17, 15) is 9.90 Å². The van der Waals surface area contributed by atoms with E-state index in [1.165, 1.54) is 0 Å². The number of carbonyl (C=O) groups excluding carboxylic acids is 1. The van der Waals surface area contributed by atoms with Gasteiger partial charge in [0.1, 0.15) is 0 Å². The van der Waals surface area contributed by atoms with Gasteiger partial charge >= 0.3 is 18.9 Å². The predicted molar refractivity (Wildman–Crippen MR) is 32.4 cm³/mol. The summed E-state index contributed by atoms with van der Waals surface area (Å²) >= 11 is 0. The van der Waals surface area contributed by atoms with Gasteiger partial charge in [0.2, 0.25) is 0 Å². The Morgan fingerprint density at radius 1 is 1.50 bits per heavy atom. The fourth-order valence-electron chi connectivity index (χ4n) is 0.354. The Labute approximate surface area is 73.2 Å². The van der Waals surface area contributed by atoms with Crippen molar-refractivity contribution in [1.82, 2.24) is 0 Å². The molecule has 2 N–H and O–H groups in total. The van der Waals surface area contributed by atoms with Gasteiger partial charge in [0, 0.05) is 6.04 Å². The molecule has 0 aromatic heterocycles. The van der Waals surface area contributed by atoms with E-state index in [4.69, 9.17) is 5.73 Å². The minimum absolute atomic E-state index is 0. The van der Waals surface area contributed by atoms with Gasteiger partial charge in [-0.25, -0.2) is 0 Å². The average molecular weight is 137 g/mol. The van der Waals surface area contributed by atoms with Gasteiger partial charge in [-0.05, 0) is 5.41 Å². The molecule has 0 aromatic rings. The Bertz CT molecular complexity index is 119. The molecule has 0 fully saturated rings. The van der Waals surface area contributed by atoms with Crippen LogP contribution in [0, 0.1) is 5.41 Å². The molecule has 0 saturated carbocycles. The topological polar surface area (TPSA) is 66.2 Å².